The van der Waals surface area contributed by atoms with Crippen LogP contribution in [-0.2, 0) is 21.2 Å². The van der Waals surface area contributed by atoms with Gasteiger partial charge in [0.25, 0.3) is 5.56 Å². The molecule has 1 amide bonds. The van der Waals surface area contributed by atoms with Crippen LogP contribution in [-0.4, -0.2) is 54.0 Å². The fourth-order valence-electron chi connectivity index (χ4n) is 3.46. The number of nitrogens with one attached hydrogen (secondary N) is 4. The van der Waals surface area contributed by atoms with Gasteiger partial charge in [0.15, 0.2) is 5.82 Å². The lowest BCUT2D eigenvalue weighted by Gasteiger charge is -2.08. The summed E-state index contributed by atoms with van der Waals surface area (Å²) in [5, 5.41) is 17.8. The summed E-state index contributed by atoms with van der Waals surface area (Å²) < 4.78 is 30.2. The molecule has 0 radical (unpaired) electrons. The van der Waals surface area contributed by atoms with Crippen molar-refractivity contribution < 1.29 is 17.7 Å². The van der Waals surface area contributed by atoms with Gasteiger partial charge in [0, 0.05) is 42.6 Å². The highest BCUT2D eigenvalue weighted by molar-refractivity contribution is 7.92. The van der Waals surface area contributed by atoms with Gasteiger partial charge < -0.3 is 15.2 Å². The van der Waals surface area contributed by atoms with Crippen LogP contribution in [0, 0.1) is 0 Å². The van der Waals surface area contributed by atoms with Gasteiger partial charge in [-0.2, -0.15) is 10.1 Å². The second-order valence-electron chi connectivity index (χ2n) is 8.04. The third kappa shape index (κ3) is 6.66. The number of nitrogens with zero attached hydrogens (tertiary/aromatic N) is 3. The Labute approximate surface area is 206 Å². The number of benzene rings is 2. The molecule has 0 aliphatic heterocycles. The first-order chi connectivity index (χ1) is 17.3. The summed E-state index contributed by atoms with van der Waals surface area (Å²) >= 11 is 0. The summed E-state index contributed by atoms with van der Waals surface area (Å²) in [6.07, 6.45) is 2.22. The van der Waals surface area contributed by atoms with Crippen molar-refractivity contribution in [3.63, 3.8) is 0 Å². The van der Waals surface area contributed by atoms with Crippen LogP contribution < -0.4 is 20.9 Å². The van der Waals surface area contributed by atoms with Crippen molar-refractivity contribution in [2.45, 2.75) is 19.3 Å². The Morgan fingerprint density at radius 1 is 1.06 bits per heavy atom. The monoisotopic (exact) mass is 511 g/mol. The lowest BCUT2D eigenvalue weighted by atomic mass is 10.2. The highest BCUT2D eigenvalue weighted by atomic mass is 32.2. The summed E-state index contributed by atoms with van der Waals surface area (Å²) in [7, 11) is -3.35. The Bertz CT molecular complexity index is 1510. The van der Waals surface area contributed by atoms with E-state index in [1.54, 1.807) is 36.4 Å². The highest BCUT2D eigenvalue weighted by Gasteiger charge is 2.11. The van der Waals surface area contributed by atoms with Gasteiger partial charge in [0.05, 0.1) is 11.6 Å². The lowest BCUT2D eigenvalue weighted by Crippen LogP contribution is -2.26. The zero-order valence-electron chi connectivity index (χ0n) is 19.4. The van der Waals surface area contributed by atoms with Crippen LogP contribution in [0.3, 0.4) is 0 Å². The largest absolute Gasteiger partial charge is 0.368 e. The Morgan fingerprint density at radius 3 is 2.56 bits per heavy atom. The number of sulfonamides is 1. The first kappa shape index (κ1) is 24.9. The second-order valence-corrected chi connectivity index (χ2v) is 9.79. The molecule has 2 aromatic carbocycles. The number of carbonyl (C=O) groups excluding carboxylic acids is 1. The fourth-order valence-corrected chi connectivity index (χ4v) is 4.02. The molecule has 0 atom stereocenters. The van der Waals surface area contributed by atoms with E-state index in [4.69, 9.17) is 4.52 Å². The zero-order valence-corrected chi connectivity index (χ0v) is 20.3. The summed E-state index contributed by atoms with van der Waals surface area (Å²) in [6.45, 7) is 1.03. The number of hydrogen-bond acceptors (Lipinski definition) is 9. The van der Waals surface area contributed by atoms with Crippen LogP contribution in [0.15, 0.2) is 57.8 Å². The second kappa shape index (κ2) is 11.0. The molecule has 188 valence electrons. The predicted molar refractivity (Wildman–Crippen MR) is 135 cm³/mol. The first-order valence-electron chi connectivity index (χ1n) is 11.2. The number of fused-ring (bicyclic) bond motifs is 1. The van der Waals surface area contributed by atoms with E-state index in [2.05, 4.69) is 35.7 Å². The maximum absolute atomic E-state index is 12.2. The quantitative estimate of drug-likeness (QED) is 0.219. The number of hydrogen-bond donors (Lipinski definition) is 4. The molecule has 13 heteroatoms. The maximum Gasteiger partial charge on any atom is 0.272 e. The number of H-pyrrole nitrogens is 1. The van der Waals surface area contributed by atoms with E-state index in [-0.39, 0.29) is 24.3 Å². The van der Waals surface area contributed by atoms with Crippen LogP contribution in [0.25, 0.3) is 22.2 Å². The normalized spacial score (nSPS) is 11.4. The molecule has 0 spiro atoms. The minimum absolute atomic E-state index is 0.140. The molecule has 12 nitrogen and oxygen atoms in total. The topological polar surface area (TPSA) is 172 Å². The lowest BCUT2D eigenvalue weighted by molar-refractivity contribution is -0.121. The average Bonchev–Trinajstić information content (AvgIpc) is 3.33. The van der Waals surface area contributed by atoms with Crippen molar-refractivity contribution >= 4 is 38.2 Å². The molecule has 36 heavy (non-hydrogen) atoms. The molecule has 4 aromatic rings. The van der Waals surface area contributed by atoms with Gasteiger partial charge in [0.2, 0.25) is 27.6 Å². The molecule has 2 aromatic heterocycles. The molecule has 4 N–H and O–H groups in total. The van der Waals surface area contributed by atoms with Crippen LogP contribution >= 0.6 is 0 Å². The van der Waals surface area contributed by atoms with Crippen molar-refractivity contribution in [3.05, 3.63) is 64.8 Å². The molecule has 0 aliphatic rings. The van der Waals surface area contributed by atoms with E-state index in [0.29, 0.717) is 53.7 Å². The molecular formula is C23H25N7O5S. The molecule has 0 saturated carbocycles. The SMILES string of the molecule is CS(=O)(=O)Nc1ccc(-c2noc(CCC(=O)NCCCNc3n[nH]c(=O)c4ccccc34)n2)cc1. The highest BCUT2D eigenvalue weighted by Crippen LogP contribution is 2.20. The van der Waals surface area contributed by atoms with E-state index in [1.165, 1.54) is 0 Å². The van der Waals surface area contributed by atoms with Crippen molar-refractivity contribution in [1.82, 2.24) is 25.7 Å². The van der Waals surface area contributed by atoms with Crippen LogP contribution in [0.1, 0.15) is 18.7 Å². The average molecular weight is 512 g/mol. The van der Waals surface area contributed by atoms with Crippen LogP contribution in [0.5, 0.6) is 0 Å². The molecule has 4 rings (SSSR count). The minimum Gasteiger partial charge on any atom is -0.368 e. The number of aromatic amines is 1. The summed E-state index contributed by atoms with van der Waals surface area (Å²) in [5.74, 6) is 1.13. The Kier molecular flexibility index (Phi) is 7.59. The van der Waals surface area contributed by atoms with Crippen molar-refractivity contribution in [2.24, 2.45) is 0 Å². The Morgan fingerprint density at radius 2 is 1.81 bits per heavy atom. The van der Waals surface area contributed by atoms with E-state index in [1.807, 2.05) is 12.1 Å². The van der Waals surface area contributed by atoms with E-state index >= 15 is 0 Å². The predicted octanol–water partition coefficient (Wildman–Crippen LogP) is 1.90. The smallest absolute Gasteiger partial charge is 0.272 e. The van der Waals surface area contributed by atoms with Crippen LogP contribution in [0.2, 0.25) is 0 Å². The number of carbonyl (C=O) groups is 1. The number of aryl methyl sites for hydroxylation is 1. The molecule has 0 bridgehead atoms. The van der Waals surface area contributed by atoms with Crippen molar-refractivity contribution in [1.29, 1.82) is 0 Å². The van der Waals surface area contributed by atoms with Gasteiger partial charge in [-0.15, -0.1) is 0 Å². The summed E-state index contributed by atoms with van der Waals surface area (Å²) in [6, 6.07) is 13.8. The van der Waals surface area contributed by atoms with Gasteiger partial charge in [-0.3, -0.25) is 14.3 Å². The third-order valence-electron chi connectivity index (χ3n) is 5.14. The standard InChI is InChI=1S/C23H25N7O5S/c1-36(33,34)30-16-9-7-15(8-10-16)21-26-20(35-29-21)12-11-19(31)24-13-4-14-25-22-17-5-2-3-6-18(17)23(32)28-27-22/h2-3,5-10,30H,4,11-14H2,1H3,(H,24,31)(H,25,27)(H,28,32). The maximum atomic E-state index is 12.2. The molecule has 0 aliphatic carbocycles. The molecule has 2 heterocycles. The van der Waals surface area contributed by atoms with E-state index in [0.717, 1.165) is 11.6 Å². The van der Waals surface area contributed by atoms with Crippen molar-refractivity contribution in [2.75, 3.05) is 29.4 Å². The first-order valence-corrected chi connectivity index (χ1v) is 13.1. The van der Waals surface area contributed by atoms with Crippen molar-refractivity contribution in [3.8, 4) is 11.4 Å². The minimum atomic E-state index is -3.35. The Balaban J connectivity index is 1.19. The number of anilines is 2. The summed E-state index contributed by atoms with van der Waals surface area (Å²) in [5.41, 5.74) is 0.850. The molecule has 0 saturated heterocycles. The zero-order chi connectivity index (χ0) is 25.5. The third-order valence-corrected chi connectivity index (χ3v) is 5.75. The Hall–Kier alpha value is -4.26. The van der Waals surface area contributed by atoms with Gasteiger partial charge in [0.1, 0.15) is 0 Å². The summed E-state index contributed by atoms with van der Waals surface area (Å²) in [4.78, 5) is 28.3. The van der Waals surface area contributed by atoms with Gasteiger partial charge >= 0.3 is 0 Å². The van der Waals surface area contributed by atoms with Crippen LogP contribution in [0.4, 0.5) is 11.5 Å². The molecule has 0 fully saturated rings. The number of rotatable bonds is 11. The number of amides is 1. The van der Waals surface area contributed by atoms with Gasteiger partial charge in [-0.05, 0) is 36.8 Å². The van der Waals surface area contributed by atoms with E-state index < -0.39 is 10.0 Å². The van der Waals surface area contributed by atoms with E-state index in [9.17, 15) is 18.0 Å². The molecular weight excluding hydrogens is 486 g/mol. The molecule has 0 unspecified atom stereocenters. The fraction of sp³-hybridized carbons (Fsp3) is 0.261. The van der Waals surface area contributed by atoms with Gasteiger partial charge in [-0.1, -0.05) is 23.4 Å². The number of aromatic nitrogens is 4. The van der Waals surface area contributed by atoms with Gasteiger partial charge in [-0.25, -0.2) is 13.5 Å².